The van der Waals surface area contributed by atoms with Gasteiger partial charge in [-0.2, -0.15) is 0 Å². The molecule has 0 spiro atoms. The summed E-state index contributed by atoms with van der Waals surface area (Å²) in [4.78, 5) is 16.6. The van der Waals surface area contributed by atoms with Crippen molar-refractivity contribution in [3.8, 4) is 45.5 Å². The Morgan fingerprint density at radius 1 is 0.347 bits per heavy atom. The van der Waals surface area contributed by atoms with E-state index in [1.807, 2.05) is 6.07 Å². The fourth-order valence-corrected chi connectivity index (χ4v) is 12.6. The minimum Gasteiger partial charge on any atom is -0.456 e. The Balaban J connectivity index is 1.04. The molecule has 0 fully saturated rings. The van der Waals surface area contributed by atoms with E-state index in [2.05, 4.69) is 228 Å². The highest BCUT2D eigenvalue weighted by molar-refractivity contribution is 7.25. The lowest BCUT2D eigenvalue weighted by molar-refractivity contribution is 0.669. The zero-order chi connectivity index (χ0) is 47.0. The molecule has 0 N–H and O–H groups in total. The van der Waals surface area contributed by atoms with Crippen LogP contribution in [0, 0.1) is 0 Å². The van der Waals surface area contributed by atoms with Gasteiger partial charge in [0.1, 0.15) is 11.2 Å². The van der Waals surface area contributed by atoms with Crippen LogP contribution in [-0.2, 0) is 0 Å². The molecule has 7 heteroatoms. The molecular formula is C65H37N5OS. The first-order valence-corrected chi connectivity index (χ1v) is 25.1. The fourth-order valence-electron chi connectivity index (χ4n) is 11.5. The zero-order valence-corrected chi connectivity index (χ0v) is 39.2. The van der Waals surface area contributed by atoms with Crippen LogP contribution < -0.4 is 0 Å². The fraction of sp³-hybridized carbons (Fsp3) is 0. The Bertz CT molecular complexity index is 4940. The van der Waals surface area contributed by atoms with Gasteiger partial charge in [0.05, 0.1) is 33.1 Å². The number of fused-ring (bicyclic) bond motifs is 15. The number of para-hydroxylation sites is 3. The molecule has 5 heterocycles. The first-order valence-electron chi connectivity index (χ1n) is 24.2. The first-order chi connectivity index (χ1) is 35.7. The number of thiophene rings is 1. The third kappa shape index (κ3) is 5.74. The summed E-state index contributed by atoms with van der Waals surface area (Å²) in [7, 11) is 0. The van der Waals surface area contributed by atoms with E-state index >= 15 is 0 Å². The monoisotopic (exact) mass is 935 g/mol. The van der Waals surface area contributed by atoms with Gasteiger partial charge >= 0.3 is 0 Å². The quantitative estimate of drug-likeness (QED) is 0.172. The molecule has 16 rings (SSSR count). The second-order valence-electron chi connectivity index (χ2n) is 18.7. The van der Waals surface area contributed by atoms with Gasteiger partial charge < -0.3 is 13.6 Å². The van der Waals surface area contributed by atoms with Crippen molar-refractivity contribution < 1.29 is 4.42 Å². The van der Waals surface area contributed by atoms with Gasteiger partial charge in [0.25, 0.3) is 0 Å². The van der Waals surface area contributed by atoms with Crippen LogP contribution in [0.1, 0.15) is 0 Å². The topological polar surface area (TPSA) is 61.7 Å². The average Bonchev–Trinajstić information content (AvgIpc) is 4.19. The Labute approximate surface area is 414 Å². The van der Waals surface area contributed by atoms with Gasteiger partial charge in [-0.3, -0.25) is 0 Å². The summed E-state index contributed by atoms with van der Waals surface area (Å²) >= 11 is 1.81. The van der Waals surface area contributed by atoms with Crippen molar-refractivity contribution in [1.82, 2.24) is 24.1 Å². The van der Waals surface area contributed by atoms with Crippen molar-refractivity contribution in [3.63, 3.8) is 0 Å². The number of rotatable bonds is 5. The third-order valence-corrected chi connectivity index (χ3v) is 15.9. The van der Waals surface area contributed by atoms with E-state index in [-0.39, 0.29) is 0 Å². The molecule has 0 bridgehead atoms. The number of aromatic nitrogens is 5. The van der Waals surface area contributed by atoms with E-state index in [0.29, 0.717) is 17.5 Å². The van der Waals surface area contributed by atoms with E-state index < -0.39 is 0 Å². The second-order valence-corrected chi connectivity index (χ2v) is 19.8. The molecule has 0 amide bonds. The number of hydrogen-bond donors (Lipinski definition) is 0. The summed E-state index contributed by atoms with van der Waals surface area (Å²) < 4.78 is 14.1. The Morgan fingerprint density at radius 3 is 1.83 bits per heavy atom. The van der Waals surface area contributed by atoms with E-state index in [1.165, 1.54) is 41.7 Å². The van der Waals surface area contributed by atoms with Gasteiger partial charge in [0, 0.05) is 74.9 Å². The normalized spacial score (nSPS) is 12.2. The molecule has 0 aliphatic carbocycles. The first kappa shape index (κ1) is 39.4. The largest absolute Gasteiger partial charge is 0.456 e. The third-order valence-electron chi connectivity index (χ3n) is 14.7. The summed E-state index contributed by atoms with van der Waals surface area (Å²) in [6, 6.07) is 80.3. The Hall–Kier alpha value is -9.43. The second kappa shape index (κ2) is 15.0. The van der Waals surface area contributed by atoms with Gasteiger partial charge in [-0.1, -0.05) is 146 Å². The minimum absolute atomic E-state index is 0.562. The van der Waals surface area contributed by atoms with Crippen LogP contribution in [0.5, 0.6) is 0 Å². The lowest BCUT2D eigenvalue weighted by Gasteiger charge is -2.17. The molecule has 0 atom stereocenters. The smallest absolute Gasteiger partial charge is 0.166 e. The molecule has 5 aromatic heterocycles. The van der Waals surface area contributed by atoms with Crippen LogP contribution in [0.25, 0.3) is 153 Å². The van der Waals surface area contributed by atoms with Crippen LogP contribution >= 0.6 is 11.3 Å². The molecule has 6 nitrogen and oxygen atoms in total. The molecule has 16 aromatic rings. The number of hydrogen-bond acceptors (Lipinski definition) is 5. The maximum absolute atomic E-state index is 6.76. The standard InChI is InChI=1S/C65H37N5OS/c1-2-17-43(18-3-1)69-53-23-11-8-20-45(53)46-29-27-42(37-54(46)69)64-66-63(41-28-33-59-52(35-41)47-21-10-13-25-58(47)72-59)67-65(68-64)50-31-32-57-60(49-22-9-12-24-56(49)71-57)62(50)70-55-36-40-16-5-4-15-39(40)34-51(55)48-30-26-38-14-6-7-19-44(38)61(48)70/h1-37H. The lowest BCUT2D eigenvalue weighted by atomic mass is 10.0. The SMILES string of the molecule is c1ccc(-n2c3ccccc3c3ccc(-c4nc(-c5ccc6sc7ccccc7c6c5)nc(-c5ccc6oc7ccccc7c6c5-n5c6cc7ccccc7cc6c6ccc7ccccc7c65)n4)cc32)cc1. The summed E-state index contributed by atoms with van der Waals surface area (Å²) in [5.41, 5.74) is 10.7. The van der Waals surface area contributed by atoms with Crippen LogP contribution in [0.15, 0.2) is 229 Å². The summed E-state index contributed by atoms with van der Waals surface area (Å²) in [6.07, 6.45) is 0. The van der Waals surface area contributed by atoms with Crippen molar-refractivity contribution in [2.75, 3.05) is 0 Å². The Kier molecular flexibility index (Phi) is 8.23. The van der Waals surface area contributed by atoms with Crippen molar-refractivity contribution in [1.29, 1.82) is 0 Å². The molecule has 11 aromatic carbocycles. The van der Waals surface area contributed by atoms with E-state index in [1.54, 1.807) is 11.3 Å². The molecule has 0 aliphatic heterocycles. The molecule has 0 saturated carbocycles. The van der Waals surface area contributed by atoms with E-state index in [4.69, 9.17) is 19.4 Å². The van der Waals surface area contributed by atoms with Crippen LogP contribution in [0.4, 0.5) is 0 Å². The van der Waals surface area contributed by atoms with Crippen molar-refractivity contribution >= 4 is 119 Å². The molecule has 334 valence electrons. The highest BCUT2D eigenvalue weighted by Gasteiger charge is 2.26. The molecule has 0 unspecified atom stereocenters. The van der Waals surface area contributed by atoms with Gasteiger partial charge in [0.15, 0.2) is 17.5 Å². The maximum atomic E-state index is 6.76. The average molecular weight is 936 g/mol. The van der Waals surface area contributed by atoms with Gasteiger partial charge in [-0.25, -0.2) is 15.0 Å². The number of nitrogens with zero attached hydrogens (tertiary/aromatic N) is 5. The number of furan rings is 1. The van der Waals surface area contributed by atoms with E-state index in [0.717, 1.165) is 93.6 Å². The predicted molar refractivity (Wildman–Crippen MR) is 300 cm³/mol. The van der Waals surface area contributed by atoms with Crippen LogP contribution in [-0.4, -0.2) is 24.1 Å². The van der Waals surface area contributed by atoms with Gasteiger partial charge in [0.2, 0.25) is 0 Å². The highest BCUT2D eigenvalue weighted by atomic mass is 32.1. The lowest BCUT2D eigenvalue weighted by Crippen LogP contribution is -2.04. The summed E-state index contributed by atoms with van der Waals surface area (Å²) in [6.45, 7) is 0. The number of benzene rings is 11. The molecule has 0 saturated heterocycles. The molecular weight excluding hydrogens is 899 g/mol. The van der Waals surface area contributed by atoms with Gasteiger partial charge in [-0.05, 0) is 95.0 Å². The molecule has 0 radical (unpaired) electrons. The predicted octanol–water partition coefficient (Wildman–Crippen LogP) is 17.6. The zero-order valence-electron chi connectivity index (χ0n) is 38.4. The summed E-state index contributed by atoms with van der Waals surface area (Å²) in [5.74, 6) is 1.74. The van der Waals surface area contributed by atoms with Gasteiger partial charge in [-0.15, -0.1) is 11.3 Å². The summed E-state index contributed by atoms with van der Waals surface area (Å²) in [5, 5.41) is 13.8. The Morgan fingerprint density at radius 2 is 0.972 bits per heavy atom. The van der Waals surface area contributed by atoms with Crippen molar-refractivity contribution in [2.24, 2.45) is 0 Å². The van der Waals surface area contributed by atoms with Crippen molar-refractivity contribution in [2.45, 2.75) is 0 Å². The van der Waals surface area contributed by atoms with Crippen LogP contribution in [0.3, 0.4) is 0 Å². The maximum Gasteiger partial charge on any atom is 0.166 e. The highest BCUT2D eigenvalue weighted by Crippen LogP contribution is 2.46. The van der Waals surface area contributed by atoms with Crippen molar-refractivity contribution in [3.05, 3.63) is 224 Å². The van der Waals surface area contributed by atoms with Crippen LogP contribution in [0.2, 0.25) is 0 Å². The van der Waals surface area contributed by atoms with E-state index in [9.17, 15) is 0 Å². The minimum atomic E-state index is 0.562. The molecule has 72 heavy (non-hydrogen) atoms. The molecule has 0 aliphatic rings.